The number of aliphatic carboxylic acids is 1. The van der Waals surface area contributed by atoms with Crippen LogP contribution in [0.4, 0.5) is 0 Å². The monoisotopic (exact) mass is 378 g/mol. The number of aliphatic hydroxyl groups excluding tert-OH is 3. The summed E-state index contributed by atoms with van der Waals surface area (Å²) in [5, 5.41) is 38.5. The predicted octanol–water partition coefficient (Wildman–Crippen LogP) is 3.38. The molecule has 0 heterocycles. The number of carboxylic acid groups (broad SMARTS) is 1. The van der Waals surface area contributed by atoms with E-state index in [4.69, 9.17) is 5.11 Å². The molecule has 27 heavy (non-hydrogen) atoms. The molecule has 0 bridgehead atoms. The topological polar surface area (TPSA) is 98.0 Å². The lowest BCUT2D eigenvalue weighted by Gasteiger charge is -2.19. The lowest BCUT2D eigenvalue weighted by Crippen LogP contribution is -2.20. The molecule has 1 aliphatic carbocycles. The van der Waals surface area contributed by atoms with Gasteiger partial charge < -0.3 is 20.4 Å². The van der Waals surface area contributed by atoms with Crippen LogP contribution in [-0.4, -0.2) is 44.7 Å². The summed E-state index contributed by atoms with van der Waals surface area (Å²) in [4.78, 5) is 10.4. The highest BCUT2D eigenvalue weighted by Crippen LogP contribution is 2.36. The average Bonchev–Trinajstić information content (AvgIpc) is 2.90. The molecule has 0 aromatic carbocycles. The lowest BCUT2D eigenvalue weighted by molar-refractivity contribution is -0.136. The molecule has 0 radical (unpaired) electrons. The van der Waals surface area contributed by atoms with Gasteiger partial charge in [-0.1, -0.05) is 55.5 Å². The number of hydrogen-bond acceptors (Lipinski definition) is 4. The van der Waals surface area contributed by atoms with Crippen LogP contribution in [0.3, 0.4) is 0 Å². The number of carboxylic acids is 1. The standard InChI is InChI=1S/C22H34O5/c1-2-17(23)14-15-19-18(20(24)16-21(19)25)12-10-8-6-4-3-5-7-9-11-13-22(26)27/h3-4,7-10,14-15,17-21,23-25H,2,5-6,11-13,16H2,1H3,(H,26,27)/b4-3-,9-7-,10-8-,15-14+/t17-,18-,19-,20+,21-/m0/s1. The Labute approximate surface area is 162 Å². The first-order valence-electron chi connectivity index (χ1n) is 9.85. The Kier molecular flexibility index (Phi) is 11.7. The quantitative estimate of drug-likeness (QED) is 0.390. The zero-order valence-corrected chi connectivity index (χ0v) is 16.2. The molecule has 0 amide bonds. The molecule has 0 aliphatic heterocycles. The Hall–Kier alpha value is -1.69. The van der Waals surface area contributed by atoms with Gasteiger partial charge in [0.1, 0.15) is 0 Å². The summed E-state index contributed by atoms with van der Waals surface area (Å²) >= 11 is 0. The second-order valence-corrected chi connectivity index (χ2v) is 7.03. The first-order valence-corrected chi connectivity index (χ1v) is 9.85. The first-order chi connectivity index (χ1) is 13.0. The third-order valence-electron chi connectivity index (χ3n) is 4.87. The van der Waals surface area contributed by atoms with Gasteiger partial charge in [-0.15, -0.1) is 0 Å². The molecular formula is C22H34O5. The fourth-order valence-corrected chi connectivity index (χ4v) is 3.22. The smallest absolute Gasteiger partial charge is 0.303 e. The fourth-order valence-electron chi connectivity index (χ4n) is 3.22. The maximum atomic E-state index is 10.4. The van der Waals surface area contributed by atoms with Crippen LogP contribution in [0.1, 0.15) is 51.9 Å². The van der Waals surface area contributed by atoms with E-state index in [1.54, 1.807) is 6.08 Å². The van der Waals surface area contributed by atoms with E-state index in [0.29, 0.717) is 25.7 Å². The molecule has 5 heteroatoms. The zero-order valence-electron chi connectivity index (χ0n) is 16.2. The van der Waals surface area contributed by atoms with Gasteiger partial charge in [-0.2, -0.15) is 0 Å². The summed E-state index contributed by atoms with van der Waals surface area (Å²) in [5.41, 5.74) is 0. The van der Waals surface area contributed by atoms with Crippen LogP contribution in [0.5, 0.6) is 0 Å². The van der Waals surface area contributed by atoms with Crippen molar-refractivity contribution in [3.8, 4) is 0 Å². The largest absolute Gasteiger partial charge is 0.481 e. The summed E-state index contributed by atoms with van der Waals surface area (Å²) in [6, 6.07) is 0. The van der Waals surface area contributed by atoms with Crippen LogP contribution in [-0.2, 0) is 4.79 Å². The molecule has 1 saturated carbocycles. The van der Waals surface area contributed by atoms with Crippen molar-refractivity contribution in [2.45, 2.75) is 70.2 Å². The van der Waals surface area contributed by atoms with Gasteiger partial charge in [0.05, 0.1) is 18.3 Å². The molecule has 0 aromatic heterocycles. The Bertz CT molecular complexity index is 535. The number of rotatable bonds is 12. The molecule has 0 unspecified atom stereocenters. The minimum absolute atomic E-state index is 0.0299. The molecule has 1 aliphatic rings. The van der Waals surface area contributed by atoms with Gasteiger partial charge in [-0.3, -0.25) is 4.79 Å². The zero-order chi connectivity index (χ0) is 20.1. The van der Waals surface area contributed by atoms with Gasteiger partial charge in [0.15, 0.2) is 0 Å². The van der Waals surface area contributed by atoms with E-state index in [-0.39, 0.29) is 18.3 Å². The molecule has 1 rings (SSSR count). The van der Waals surface area contributed by atoms with E-state index in [1.165, 1.54) is 0 Å². The molecule has 0 spiro atoms. The normalized spacial score (nSPS) is 27.6. The molecule has 0 saturated heterocycles. The fraction of sp³-hybridized carbons (Fsp3) is 0.591. The Balaban J connectivity index is 2.34. The summed E-state index contributed by atoms with van der Waals surface area (Å²) in [5.74, 6) is -0.936. The van der Waals surface area contributed by atoms with Crippen molar-refractivity contribution in [3.63, 3.8) is 0 Å². The summed E-state index contributed by atoms with van der Waals surface area (Å²) < 4.78 is 0. The van der Waals surface area contributed by atoms with E-state index in [0.717, 1.165) is 12.8 Å². The van der Waals surface area contributed by atoms with Crippen molar-refractivity contribution in [1.82, 2.24) is 0 Å². The third-order valence-corrected chi connectivity index (χ3v) is 4.87. The minimum atomic E-state index is -0.778. The Morgan fingerprint density at radius 3 is 2.30 bits per heavy atom. The highest BCUT2D eigenvalue weighted by Gasteiger charge is 2.39. The van der Waals surface area contributed by atoms with E-state index in [9.17, 15) is 20.1 Å². The summed E-state index contributed by atoms with van der Waals surface area (Å²) in [7, 11) is 0. The van der Waals surface area contributed by atoms with Crippen LogP contribution in [0, 0.1) is 11.8 Å². The number of hydrogen-bond donors (Lipinski definition) is 4. The molecular weight excluding hydrogens is 344 g/mol. The third kappa shape index (κ3) is 9.70. The van der Waals surface area contributed by atoms with Gasteiger partial charge in [-0.05, 0) is 38.0 Å². The SMILES string of the molecule is CC[C@H](O)/C=C/[C@H]1[C@H](C/C=C\C/C=C\C/C=C\CCC(=O)O)[C@H](O)C[C@@H]1O. The highest BCUT2D eigenvalue weighted by molar-refractivity contribution is 5.66. The van der Waals surface area contributed by atoms with E-state index in [1.807, 2.05) is 49.5 Å². The molecule has 4 N–H and O–H groups in total. The van der Waals surface area contributed by atoms with E-state index < -0.39 is 24.3 Å². The molecule has 5 atom stereocenters. The lowest BCUT2D eigenvalue weighted by atomic mass is 9.89. The second kappa shape index (κ2) is 13.5. The van der Waals surface area contributed by atoms with Gasteiger partial charge >= 0.3 is 5.97 Å². The van der Waals surface area contributed by atoms with Gasteiger partial charge in [0.25, 0.3) is 0 Å². The number of aliphatic hydroxyl groups is 3. The van der Waals surface area contributed by atoms with Crippen molar-refractivity contribution in [2.75, 3.05) is 0 Å². The summed E-state index contributed by atoms with van der Waals surface area (Å²) in [6.07, 6.45) is 18.0. The molecule has 5 nitrogen and oxygen atoms in total. The van der Waals surface area contributed by atoms with Crippen LogP contribution in [0.2, 0.25) is 0 Å². The van der Waals surface area contributed by atoms with E-state index >= 15 is 0 Å². The van der Waals surface area contributed by atoms with Gasteiger partial charge in [0.2, 0.25) is 0 Å². The average molecular weight is 379 g/mol. The van der Waals surface area contributed by atoms with Crippen LogP contribution in [0.15, 0.2) is 48.6 Å². The van der Waals surface area contributed by atoms with Crippen molar-refractivity contribution in [3.05, 3.63) is 48.6 Å². The maximum Gasteiger partial charge on any atom is 0.303 e. The maximum absolute atomic E-state index is 10.4. The minimum Gasteiger partial charge on any atom is -0.481 e. The Morgan fingerprint density at radius 1 is 1.04 bits per heavy atom. The van der Waals surface area contributed by atoms with Crippen molar-refractivity contribution >= 4 is 5.97 Å². The van der Waals surface area contributed by atoms with Gasteiger partial charge in [0, 0.05) is 18.8 Å². The molecule has 152 valence electrons. The van der Waals surface area contributed by atoms with Gasteiger partial charge in [-0.25, -0.2) is 0 Å². The second-order valence-electron chi connectivity index (χ2n) is 7.03. The first kappa shape index (κ1) is 23.3. The van der Waals surface area contributed by atoms with Crippen LogP contribution in [0.25, 0.3) is 0 Å². The van der Waals surface area contributed by atoms with Crippen LogP contribution >= 0.6 is 0 Å². The van der Waals surface area contributed by atoms with Crippen molar-refractivity contribution in [1.29, 1.82) is 0 Å². The molecule has 1 fully saturated rings. The van der Waals surface area contributed by atoms with E-state index in [2.05, 4.69) is 0 Å². The highest BCUT2D eigenvalue weighted by atomic mass is 16.4. The van der Waals surface area contributed by atoms with Crippen molar-refractivity contribution < 1.29 is 25.2 Å². The van der Waals surface area contributed by atoms with Crippen LogP contribution < -0.4 is 0 Å². The van der Waals surface area contributed by atoms with Crippen molar-refractivity contribution in [2.24, 2.45) is 11.8 Å². The molecule has 0 aromatic rings. The number of carbonyl (C=O) groups is 1. The number of allylic oxidation sites excluding steroid dienone is 6. The summed E-state index contributed by atoms with van der Waals surface area (Å²) in [6.45, 7) is 1.90. The predicted molar refractivity (Wildman–Crippen MR) is 107 cm³/mol. The Morgan fingerprint density at radius 2 is 1.67 bits per heavy atom.